The van der Waals surface area contributed by atoms with Gasteiger partial charge in [0.2, 0.25) is 0 Å². The largest absolute Gasteiger partial charge is 0.623 e. The van der Waals surface area contributed by atoms with Gasteiger partial charge in [-0.2, -0.15) is 0 Å². The van der Waals surface area contributed by atoms with Crippen LogP contribution in [-0.2, 0) is 9.53 Å². The zero-order valence-electron chi connectivity index (χ0n) is 12.4. The zero-order chi connectivity index (χ0) is 15.2. The molecule has 4 heteroatoms. The molecule has 0 N–H and O–H groups in total. The molecule has 0 amide bonds. The van der Waals surface area contributed by atoms with Gasteiger partial charge in [0.15, 0.2) is 11.8 Å². The molecule has 4 nitrogen and oxygen atoms in total. The van der Waals surface area contributed by atoms with Crippen molar-refractivity contribution in [3.05, 3.63) is 46.7 Å². The van der Waals surface area contributed by atoms with Crippen molar-refractivity contribution in [2.45, 2.75) is 33.2 Å². The highest BCUT2D eigenvalue weighted by Gasteiger charge is 2.18. The monoisotopic (exact) mass is 275 g/mol. The third-order valence-electron chi connectivity index (χ3n) is 2.60. The minimum atomic E-state index is -0.502. The quantitative estimate of drug-likeness (QED) is 0.212. The van der Waals surface area contributed by atoms with E-state index in [1.807, 2.05) is 45.0 Å². The smallest absolute Gasteiger partial charge is 0.330 e. The summed E-state index contributed by atoms with van der Waals surface area (Å²) in [4.78, 5) is 11.3. The van der Waals surface area contributed by atoms with Gasteiger partial charge in [-0.15, -0.1) is 0 Å². The molecule has 0 saturated heterocycles. The fraction of sp³-hybridized carbons (Fsp3) is 0.375. The van der Waals surface area contributed by atoms with E-state index in [2.05, 4.69) is 0 Å². The number of ether oxygens (including phenoxy) is 1. The molecule has 0 bridgehead atoms. The van der Waals surface area contributed by atoms with E-state index in [1.54, 1.807) is 13.0 Å². The average Bonchev–Trinajstić information content (AvgIpc) is 2.37. The Hall–Kier alpha value is -2.10. The zero-order valence-corrected chi connectivity index (χ0v) is 12.4. The lowest BCUT2D eigenvalue weighted by atomic mass is 10.1. The van der Waals surface area contributed by atoms with Crippen LogP contribution < -0.4 is 0 Å². The second-order valence-corrected chi connectivity index (χ2v) is 5.34. The van der Waals surface area contributed by atoms with Crippen LogP contribution in [0.5, 0.6) is 0 Å². The van der Waals surface area contributed by atoms with Gasteiger partial charge in [-0.3, -0.25) is 0 Å². The Labute approximate surface area is 120 Å². The average molecular weight is 275 g/mol. The molecule has 0 unspecified atom stereocenters. The Morgan fingerprint density at radius 2 is 1.90 bits per heavy atom. The molecular weight excluding hydrogens is 254 g/mol. The lowest BCUT2D eigenvalue weighted by molar-refractivity contribution is -0.530. The molecule has 0 saturated carbocycles. The van der Waals surface area contributed by atoms with Crippen LogP contribution >= 0.6 is 0 Å². The summed E-state index contributed by atoms with van der Waals surface area (Å²) in [6.07, 6.45) is 4.55. The summed E-state index contributed by atoms with van der Waals surface area (Å²) < 4.78 is 5.74. The molecule has 1 rings (SSSR count). The second-order valence-electron chi connectivity index (χ2n) is 5.34. The van der Waals surface area contributed by atoms with Crippen LogP contribution in [0.4, 0.5) is 0 Å². The Morgan fingerprint density at radius 3 is 2.45 bits per heavy atom. The number of benzene rings is 1. The molecule has 1 aromatic rings. The van der Waals surface area contributed by atoms with Crippen LogP contribution in [0.2, 0.25) is 0 Å². The summed E-state index contributed by atoms with van der Waals surface area (Å²) in [5, 5.41) is 12.0. The molecule has 0 aliphatic rings. The molecule has 0 aromatic heterocycles. The maximum absolute atomic E-state index is 12.0. The molecule has 1 aromatic carbocycles. The van der Waals surface area contributed by atoms with Crippen LogP contribution in [0.3, 0.4) is 0 Å². The number of rotatable bonds is 4. The van der Waals surface area contributed by atoms with Crippen molar-refractivity contribution in [1.82, 2.24) is 0 Å². The van der Waals surface area contributed by atoms with Gasteiger partial charge in [0, 0.05) is 32.4 Å². The van der Waals surface area contributed by atoms with Gasteiger partial charge in [-0.1, -0.05) is 18.2 Å². The van der Waals surface area contributed by atoms with Crippen LogP contribution in [0.25, 0.3) is 6.08 Å². The Bertz CT molecular complexity index is 525. The summed E-state index contributed by atoms with van der Waals surface area (Å²) in [6.45, 7) is 7.62. The van der Waals surface area contributed by atoms with Crippen molar-refractivity contribution in [3.8, 4) is 0 Å². The predicted molar refractivity (Wildman–Crippen MR) is 80.7 cm³/mol. The van der Waals surface area contributed by atoms with Gasteiger partial charge in [0.05, 0.1) is 6.61 Å². The first-order chi connectivity index (χ1) is 9.34. The highest BCUT2D eigenvalue weighted by atomic mass is 16.5. The van der Waals surface area contributed by atoms with Crippen LogP contribution in [0.1, 0.15) is 38.8 Å². The maximum Gasteiger partial charge on any atom is 0.330 e. The predicted octanol–water partition coefficient (Wildman–Crippen LogP) is 2.99. The van der Waals surface area contributed by atoms with E-state index in [0.717, 1.165) is 15.9 Å². The highest BCUT2D eigenvalue weighted by molar-refractivity contribution is 5.90. The SMILES string of the molecule is CCOC(=O)/C=C/c1ccccc1/C=[N+](\[O-])C(C)(C)C. The molecule has 0 spiro atoms. The lowest BCUT2D eigenvalue weighted by Crippen LogP contribution is -2.29. The van der Waals surface area contributed by atoms with Gasteiger partial charge in [0.1, 0.15) is 0 Å². The molecular formula is C16H21NO3. The first-order valence-electron chi connectivity index (χ1n) is 6.60. The van der Waals surface area contributed by atoms with Gasteiger partial charge in [-0.05, 0) is 24.6 Å². The molecule has 0 aliphatic carbocycles. The third kappa shape index (κ3) is 4.88. The lowest BCUT2D eigenvalue weighted by Gasteiger charge is -2.18. The Balaban J connectivity index is 3.03. The van der Waals surface area contributed by atoms with E-state index in [-0.39, 0.29) is 0 Å². The molecule has 0 aliphatic heterocycles. The first kappa shape index (κ1) is 16.0. The fourth-order valence-electron chi connectivity index (χ4n) is 1.45. The Morgan fingerprint density at radius 1 is 1.30 bits per heavy atom. The van der Waals surface area contributed by atoms with Crippen molar-refractivity contribution in [1.29, 1.82) is 0 Å². The Kier molecular flexibility index (Phi) is 5.50. The topological polar surface area (TPSA) is 52.4 Å². The summed E-state index contributed by atoms with van der Waals surface area (Å²) in [5.41, 5.74) is 1.06. The number of hydroxylamine groups is 1. The first-order valence-corrected chi connectivity index (χ1v) is 6.60. The molecule has 0 radical (unpaired) electrons. The third-order valence-corrected chi connectivity index (χ3v) is 2.60. The van der Waals surface area contributed by atoms with E-state index < -0.39 is 11.5 Å². The van der Waals surface area contributed by atoms with Crippen LogP contribution in [0, 0.1) is 5.21 Å². The summed E-state index contributed by atoms with van der Waals surface area (Å²) in [6, 6.07) is 7.39. The summed E-state index contributed by atoms with van der Waals surface area (Å²) >= 11 is 0. The van der Waals surface area contributed by atoms with Crippen LogP contribution in [0.15, 0.2) is 30.3 Å². The van der Waals surface area contributed by atoms with Gasteiger partial charge in [-0.25, -0.2) is 9.53 Å². The number of esters is 1. The van der Waals surface area contributed by atoms with E-state index in [0.29, 0.717) is 6.61 Å². The number of hydrogen-bond donors (Lipinski definition) is 0. The number of nitrogens with zero attached hydrogens (tertiary/aromatic N) is 1. The van der Waals surface area contributed by atoms with Crippen LogP contribution in [-0.4, -0.2) is 29.1 Å². The number of hydrogen-bond acceptors (Lipinski definition) is 3. The standard InChI is InChI=1S/C16H21NO3/c1-5-20-15(18)11-10-13-8-6-7-9-14(13)12-17(19)16(2,3)4/h6-12H,5H2,1-4H3/b11-10+,17-12-. The van der Waals surface area contributed by atoms with Gasteiger partial charge >= 0.3 is 5.97 Å². The minimum absolute atomic E-state index is 0.343. The van der Waals surface area contributed by atoms with Crippen molar-refractivity contribution >= 4 is 18.3 Å². The molecule has 0 heterocycles. The van der Waals surface area contributed by atoms with Crippen molar-refractivity contribution < 1.29 is 14.3 Å². The normalized spacial score (nSPS) is 12.7. The van der Waals surface area contributed by atoms with Crippen molar-refractivity contribution in [2.75, 3.05) is 6.61 Å². The number of carbonyl (C=O) groups is 1. The highest BCUT2D eigenvalue weighted by Crippen LogP contribution is 2.11. The second kappa shape index (κ2) is 6.89. The van der Waals surface area contributed by atoms with Crippen molar-refractivity contribution in [2.24, 2.45) is 0 Å². The minimum Gasteiger partial charge on any atom is -0.623 e. The van der Waals surface area contributed by atoms with Gasteiger partial charge < -0.3 is 9.94 Å². The van der Waals surface area contributed by atoms with E-state index in [9.17, 15) is 10.0 Å². The summed E-state index contributed by atoms with van der Waals surface area (Å²) in [5.74, 6) is -0.392. The van der Waals surface area contributed by atoms with E-state index >= 15 is 0 Å². The molecule has 0 atom stereocenters. The van der Waals surface area contributed by atoms with Crippen molar-refractivity contribution in [3.63, 3.8) is 0 Å². The fourth-order valence-corrected chi connectivity index (χ4v) is 1.45. The molecule has 20 heavy (non-hydrogen) atoms. The molecule has 108 valence electrons. The maximum atomic E-state index is 12.0. The van der Waals surface area contributed by atoms with E-state index in [4.69, 9.17) is 4.74 Å². The summed E-state index contributed by atoms with van der Waals surface area (Å²) in [7, 11) is 0. The van der Waals surface area contributed by atoms with E-state index in [1.165, 1.54) is 12.3 Å². The molecule has 0 fully saturated rings. The number of carbonyl (C=O) groups excluding carboxylic acids is 1. The van der Waals surface area contributed by atoms with Gasteiger partial charge in [0.25, 0.3) is 0 Å².